The summed E-state index contributed by atoms with van der Waals surface area (Å²) >= 11 is 0. The number of aliphatic hydroxyl groups excluding tert-OH is 1. The van der Waals surface area contributed by atoms with E-state index in [4.69, 9.17) is 19.9 Å². The molecule has 30 heavy (non-hydrogen) atoms. The molecule has 0 fully saturated rings. The summed E-state index contributed by atoms with van der Waals surface area (Å²) in [6.45, 7) is 1.64. The van der Waals surface area contributed by atoms with Crippen molar-refractivity contribution in [1.82, 2.24) is 10.4 Å². The van der Waals surface area contributed by atoms with E-state index < -0.39 is 6.10 Å². The molecule has 0 heterocycles. The lowest BCUT2D eigenvalue weighted by molar-refractivity contribution is -0.121. The molecule has 11 heteroatoms. The number of hydrogen-bond acceptors (Lipinski definition) is 9. The molecule has 2 amide bonds. The van der Waals surface area contributed by atoms with Gasteiger partial charge >= 0.3 is 0 Å². The lowest BCUT2D eigenvalue weighted by Crippen LogP contribution is -2.32. The van der Waals surface area contributed by atoms with Crippen LogP contribution >= 0.6 is 0 Å². The first-order chi connectivity index (χ1) is 14.5. The van der Waals surface area contributed by atoms with Gasteiger partial charge in [-0.3, -0.25) is 19.8 Å². The monoisotopic (exact) mass is 426 g/mol. The van der Waals surface area contributed by atoms with Crippen molar-refractivity contribution in [3.05, 3.63) is 29.3 Å². The fourth-order valence-electron chi connectivity index (χ4n) is 2.31. The second kappa shape index (κ2) is 15.4. The lowest BCUT2D eigenvalue weighted by Gasteiger charge is -2.17. The SMILES string of the molecule is CN(Cc1cc(NC(=O)COCCOCCOCC(O)CN)ccc1C=O)NC=O. The van der Waals surface area contributed by atoms with Crippen LogP contribution in [0.15, 0.2) is 18.2 Å². The Labute approximate surface area is 175 Å². The summed E-state index contributed by atoms with van der Waals surface area (Å²) < 4.78 is 15.7. The Morgan fingerprint density at radius 3 is 2.57 bits per heavy atom. The molecule has 0 radical (unpaired) electrons. The number of benzene rings is 1. The number of amides is 2. The molecule has 1 atom stereocenters. The number of nitrogens with zero attached hydrogens (tertiary/aromatic N) is 1. The molecule has 0 aliphatic heterocycles. The minimum atomic E-state index is -0.675. The van der Waals surface area contributed by atoms with Gasteiger partial charge in [-0.15, -0.1) is 0 Å². The highest BCUT2D eigenvalue weighted by Gasteiger charge is 2.09. The van der Waals surface area contributed by atoms with Gasteiger partial charge in [0.05, 0.1) is 39.1 Å². The summed E-state index contributed by atoms with van der Waals surface area (Å²) in [4.78, 5) is 33.7. The molecule has 1 rings (SSSR count). The molecule has 0 aromatic heterocycles. The van der Waals surface area contributed by atoms with Crippen molar-refractivity contribution in [2.24, 2.45) is 5.73 Å². The molecule has 11 nitrogen and oxygen atoms in total. The first-order valence-electron chi connectivity index (χ1n) is 9.40. The molecule has 5 N–H and O–H groups in total. The number of hydrazine groups is 1. The minimum Gasteiger partial charge on any atom is -0.389 e. The fraction of sp³-hybridized carbons (Fsp3) is 0.526. The molecule has 1 unspecified atom stereocenters. The van der Waals surface area contributed by atoms with E-state index in [-0.39, 0.29) is 32.3 Å². The number of anilines is 1. The van der Waals surface area contributed by atoms with E-state index in [9.17, 15) is 19.5 Å². The molecule has 0 spiro atoms. The van der Waals surface area contributed by atoms with Gasteiger partial charge in [0.25, 0.3) is 0 Å². The van der Waals surface area contributed by atoms with Crippen molar-refractivity contribution in [2.75, 3.05) is 58.6 Å². The maximum Gasteiger partial charge on any atom is 0.250 e. The van der Waals surface area contributed by atoms with E-state index >= 15 is 0 Å². The Kier molecular flexibility index (Phi) is 13.2. The van der Waals surface area contributed by atoms with E-state index in [2.05, 4.69) is 10.7 Å². The first-order valence-corrected chi connectivity index (χ1v) is 9.40. The summed E-state index contributed by atoms with van der Waals surface area (Å²) in [7, 11) is 1.65. The summed E-state index contributed by atoms with van der Waals surface area (Å²) in [6.07, 6.45) is 0.572. The van der Waals surface area contributed by atoms with E-state index in [1.807, 2.05) is 0 Å². The Morgan fingerprint density at radius 1 is 1.20 bits per heavy atom. The number of carbonyl (C=O) groups excluding carboxylic acids is 3. The van der Waals surface area contributed by atoms with Gasteiger partial charge in [-0.05, 0) is 23.8 Å². The van der Waals surface area contributed by atoms with Crippen molar-refractivity contribution < 1.29 is 33.7 Å². The summed E-state index contributed by atoms with van der Waals surface area (Å²) in [6, 6.07) is 4.87. The van der Waals surface area contributed by atoms with Gasteiger partial charge in [-0.2, -0.15) is 0 Å². The van der Waals surface area contributed by atoms with Crippen LogP contribution < -0.4 is 16.5 Å². The van der Waals surface area contributed by atoms with Gasteiger partial charge < -0.3 is 30.4 Å². The van der Waals surface area contributed by atoms with Gasteiger partial charge in [-0.25, -0.2) is 5.01 Å². The number of rotatable bonds is 17. The van der Waals surface area contributed by atoms with Crippen LogP contribution in [0.4, 0.5) is 5.69 Å². The van der Waals surface area contributed by atoms with Gasteiger partial charge in [0, 0.05) is 31.4 Å². The van der Waals surface area contributed by atoms with Crippen molar-refractivity contribution >= 4 is 24.3 Å². The standard InChI is InChI=1S/C19H30N4O7/c1-23(21-14-25)10-16-8-17(3-2-15(16)11-24)22-19(27)13-30-7-5-28-4-6-29-12-18(26)9-20/h2-3,8,11,14,18,26H,4-7,9-10,12-13,20H2,1H3,(H,21,25)(H,22,27). The largest absolute Gasteiger partial charge is 0.389 e. The molecule has 0 bridgehead atoms. The number of nitrogens with one attached hydrogen (secondary N) is 2. The number of carbonyl (C=O) groups is 3. The number of ether oxygens (including phenoxy) is 3. The van der Waals surface area contributed by atoms with Crippen LogP contribution in [0.1, 0.15) is 15.9 Å². The zero-order valence-corrected chi connectivity index (χ0v) is 17.0. The Balaban J connectivity index is 2.28. The molecule has 0 saturated heterocycles. The quantitative estimate of drug-likeness (QED) is 0.138. The molecular weight excluding hydrogens is 396 g/mol. The molecule has 1 aromatic rings. The maximum absolute atomic E-state index is 12.0. The number of nitrogens with two attached hydrogens (primary N) is 1. The molecule has 0 aliphatic carbocycles. The number of aldehydes is 1. The fourth-order valence-corrected chi connectivity index (χ4v) is 2.31. The van der Waals surface area contributed by atoms with Crippen LogP contribution in [0.2, 0.25) is 0 Å². The Hall–Kier alpha value is -2.41. The highest BCUT2D eigenvalue weighted by Crippen LogP contribution is 2.16. The number of hydrogen-bond donors (Lipinski definition) is 4. The third kappa shape index (κ3) is 11.0. The predicted molar refractivity (Wildman–Crippen MR) is 109 cm³/mol. The second-order valence-electron chi connectivity index (χ2n) is 6.31. The topological polar surface area (TPSA) is 152 Å². The number of aliphatic hydroxyl groups is 1. The van der Waals surface area contributed by atoms with Crippen molar-refractivity contribution in [1.29, 1.82) is 0 Å². The Morgan fingerprint density at radius 2 is 1.90 bits per heavy atom. The van der Waals surface area contributed by atoms with Gasteiger partial charge in [0.15, 0.2) is 0 Å². The predicted octanol–water partition coefficient (Wildman–Crippen LogP) is -1.10. The van der Waals surface area contributed by atoms with Crippen LogP contribution in [-0.2, 0) is 30.3 Å². The Bertz CT molecular complexity index is 660. The summed E-state index contributed by atoms with van der Waals surface area (Å²) in [5, 5.41) is 13.4. The van der Waals surface area contributed by atoms with E-state index in [1.165, 1.54) is 5.01 Å². The lowest BCUT2D eigenvalue weighted by atomic mass is 10.1. The molecule has 168 valence electrons. The first kappa shape index (κ1) is 25.6. The average molecular weight is 426 g/mol. The highest BCUT2D eigenvalue weighted by molar-refractivity contribution is 5.92. The van der Waals surface area contributed by atoms with E-state index in [1.54, 1.807) is 25.2 Å². The zero-order valence-electron chi connectivity index (χ0n) is 17.0. The highest BCUT2D eigenvalue weighted by atomic mass is 16.5. The van der Waals surface area contributed by atoms with Gasteiger partial charge in [-0.1, -0.05) is 0 Å². The van der Waals surface area contributed by atoms with Crippen LogP contribution in [0.3, 0.4) is 0 Å². The van der Waals surface area contributed by atoms with Crippen molar-refractivity contribution in [3.8, 4) is 0 Å². The molecule has 0 aliphatic rings. The third-order valence-electron chi connectivity index (χ3n) is 3.79. The molecular formula is C19H30N4O7. The van der Waals surface area contributed by atoms with Crippen LogP contribution in [0, 0.1) is 0 Å². The summed E-state index contributed by atoms with van der Waals surface area (Å²) in [5.74, 6) is -0.349. The second-order valence-corrected chi connectivity index (χ2v) is 6.31. The van der Waals surface area contributed by atoms with E-state index in [0.717, 1.165) is 0 Å². The van der Waals surface area contributed by atoms with Crippen molar-refractivity contribution in [3.63, 3.8) is 0 Å². The van der Waals surface area contributed by atoms with Gasteiger partial charge in [0.1, 0.15) is 12.9 Å². The maximum atomic E-state index is 12.0. The minimum absolute atomic E-state index is 0.147. The van der Waals surface area contributed by atoms with Crippen molar-refractivity contribution in [2.45, 2.75) is 12.6 Å². The van der Waals surface area contributed by atoms with Crippen LogP contribution in [0.25, 0.3) is 0 Å². The summed E-state index contributed by atoms with van der Waals surface area (Å²) in [5.41, 5.74) is 9.33. The van der Waals surface area contributed by atoms with E-state index in [0.29, 0.717) is 55.9 Å². The average Bonchev–Trinajstić information content (AvgIpc) is 2.72. The van der Waals surface area contributed by atoms with Gasteiger partial charge in [0.2, 0.25) is 12.3 Å². The molecule has 1 aromatic carbocycles. The van der Waals surface area contributed by atoms with Crippen LogP contribution in [0.5, 0.6) is 0 Å². The third-order valence-corrected chi connectivity index (χ3v) is 3.79. The zero-order chi connectivity index (χ0) is 22.2. The van der Waals surface area contributed by atoms with Crippen LogP contribution in [-0.4, -0.2) is 88.1 Å². The molecule has 0 saturated carbocycles. The smallest absolute Gasteiger partial charge is 0.250 e. The normalized spacial score (nSPS) is 11.9.